The van der Waals surface area contributed by atoms with E-state index in [0.717, 1.165) is 31.7 Å². The van der Waals surface area contributed by atoms with E-state index >= 15 is 0 Å². The van der Waals surface area contributed by atoms with Gasteiger partial charge in [0.15, 0.2) is 0 Å². The van der Waals surface area contributed by atoms with Crippen LogP contribution in [0.4, 0.5) is 0 Å². The maximum atomic E-state index is 8.45. The van der Waals surface area contributed by atoms with Crippen molar-refractivity contribution in [3.8, 4) is 11.8 Å². The molecule has 0 aliphatic rings. The first-order chi connectivity index (χ1) is 8.38. The lowest BCUT2D eigenvalue weighted by atomic mass is 10.2. The molecule has 92 valence electrons. The predicted octanol–water partition coefficient (Wildman–Crippen LogP) is 2.87. The Labute approximate surface area is 103 Å². The third kappa shape index (κ3) is 5.37. The number of para-hydroxylation sites is 1. The molecule has 3 nitrogen and oxygen atoms in total. The number of nitrogens with one attached hydrogen (secondary N) is 1. The SMILES string of the molecule is CCCNCc1ccccc1OCCCC#N. The van der Waals surface area contributed by atoms with Crippen LogP contribution in [0.1, 0.15) is 31.7 Å². The first kappa shape index (κ1) is 13.5. The molecule has 0 aliphatic carbocycles. The van der Waals surface area contributed by atoms with E-state index in [0.29, 0.717) is 13.0 Å². The van der Waals surface area contributed by atoms with Crippen LogP contribution in [0.25, 0.3) is 0 Å². The van der Waals surface area contributed by atoms with Crippen LogP contribution in [0.3, 0.4) is 0 Å². The molecular formula is C14H20N2O. The molecule has 0 aromatic heterocycles. The van der Waals surface area contributed by atoms with Crippen LogP contribution in [0.15, 0.2) is 24.3 Å². The number of hydrogen-bond donors (Lipinski definition) is 1. The fraction of sp³-hybridized carbons (Fsp3) is 0.500. The summed E-state index contributed by atoms with van der Waals surface area (Å²) in [5.41, 5.74) is 1.18. The average Bonchev–Trinajstić information content (AvgIpc) is 2.36. The Morgan fingerprint density at radius 1 is 1.35 bits per heavy atom. The Bertz CT molecular complexity index is 357. The highest BCUT2D eigenvalue weighted by Gasteiger charge is 2.01. The van der Waals surface area contributed by atoms with Crippen LogP contribution in [-0.2, 0) is 6.54 Å². The Morgan fingerprint density at radius 3 is 2.94 bits per heavy atom. The van der Waals surface area contributed by atoms with Gasteiger partial charge in [0.2, 0.25) is 0 Å². The molecule has 0 heterocycles. The monoisotopic (exact) mass is 232 g/mol. The molecule has 1 aromatic rings. The Balaban J connectivity index is 2.43. The molecule has 0 amide bonds. The second-order valence-electron chi connectivity index (χ2n) is 3.89. The van der Waals surface area contributed by atoms with E-state index in [1.54, 1.807) is 0 Å². The van der Waals surface area contributed by atoms with Crippen LogP contribution in [-0.4, -0.2) is 13.2 Å². The van der Waals surface area contributed by atoms with Gasteiger partial charge < -0.3 is 10.1 Å². The average molecular weight is 232 g/mol. The standard InChI is InChI=1S/C14H20N2O/c1-2-10-16-12-13-7-3-4-8-14(13)17-11-6-5-9-15/h3-4,7-8,16H,2,5-6,10-12H2,1H3. The predicted molar refractivity (Wildman–Crippen MR) is 68.8 cm³/mol. The van der Waals surface area contributed by atoms with Gasteiger partial charge in [-0.25, -0.2) is 0 Å². The zero-order valence-corrected chi connectivity index (χ0v) is 10.4. The largest absolute Gasteiger partial charge is 0.493 e. The minimum Gasteiger partial charge on any atom is -0.493 e. The molecule has 0 aliphatic heterocycles. The lowest BCUT2D eigenvalue weighted by Crippen LogP contribution is -2.14. The van der Waals surface area contributed by atoms with E-state index in [4.69, 9.17) is 10.00 Å². The van der Waals surface area contributed by atoms with Crippen molar-refractivity contribution in [3.05, 3.63) is 29.8 Å². The highest BCUT2D eigenvalue weighted by atomic mass is 16.5. The van der Waals surface area contributed by atoms with Crippen molar-refractivity contribution in [1.82, 2.24) is 5.32 Å². The van der Waals surface area contributed by atoms with Crippen molar-refractivity contribution >= 4 is 0 Å². The van der Waals surface area contributed by atoms with E-state index in [2.05, 4.69) is 24.4 Å². The topological polar surface area (TPSA) is 45.0 Å². The third-order valence-electron chi connectivity index (χ3n) is 2.41. The molecule has 0 unspecified atom stereocenters. The van der Waals surface area contributed by atoms with E-state index in [9.17, 15) is 0 Å². The van der Waals surface area contributed by atoms with Gasteiger partial charge in [-0.15, -0.1) is 0 Å². The minimum atomic E-state index is 0.552. The van der Waals surface area contributed by atoms with E-state index in [-0.39, 0.29) is 0 Å². The number of nitrogens with zero attached hydrogens (tertiary/aromatic N) is 1. The van der Waals surface area contributed by atoms with Gasteiger partial charge in [0.05, 0.1) is 12.7 Å². The summed E-state index contributed by atoms with van der Waals surface area (Å²) in [6.45, 7) is 4.61. The molecule has 1 N–H and O–H groups in total. The molecule has 0 saturated heterocycles. The summed E-state index contributed by atoms with van der Waals surface area (Å²) in [6, 6.07) is 10.2. The van der Waals surface area contributed by atoms with Gasteiger partial charge in [-0.3, -0.25) is 0 Å². The summed E-state index contributed by atoms with van der Waals surface area (Å²) >= 11 is 0. The highest BCUT2D eigenvalue weighted by Crippen LogP contribution is 2.17. The van der Waals surface area contributed by atoms with Crippen molar-refractivity contribution < 1.29 is 4.74 Å². The van der Waals surface area contributed by atoms with E-state index < -0.39 is 0 Å². The second-order valence-corrected chi connectivity index (χ2v) is 3.89. The first-order valence-electron chi connectivity index (χ1n) is 6.17. The van der Waals surface area contributed by atoms with Gasteiger partial charge in [0, 0.05) is 18.5 Å². The highest BCUT2D eigenvalue weighted by molar-refractivity contribution is 5.33. The van der Waals surface area contributed by atoms with E-state index in [1.807, 2.05) is 18.2 Å². The van der Waals surface area contributed by atoms with Gasteiger partial charge in [0.25, 0.3) is 0 Å². The molecule has 0 radical (unpaired) electrons. The fourth-order valence-electron chi connectivity index (χ4n) is 1.52. The van der Waals surface area contributed by atoms with Crippen molar-refractivity contribution in [3.63, 3.8) is 0 Å². The van der Waals surface area contributed by atoms with Crippen LogP contribution < -0.4 is 10.1 Å². The molecule has 1 aromatic carbocycles. The Morgan fingerprint density at radius 2 is 2.18 bits per heavy atom. The molecule has 17 heavy (non-hydrogen) atoms. The summed E-state index contributed by atoms with van der Waals surface area (Å²) < 4.78 is 5.68. The Kier molecular flexibility index (Phi) is 6.85. The number of unbranched alkanes of at least 4 members (excludes halogenated alkanes) is 1. The quantitative estimate of drug-likeness (QED) is 0.701. The molecular weight excluding hydrogens is 212 g/mol. The number of nitriles is 1. The lowest BCUT2D eigenvalue weighted by Gasteiger charge is -2.11. The van der Waals surface area contributed by atoms with E-state index in [1.165, 1.54) is 5.56 Å². The number of hydrogen-bond acceptors (Lipinski definition) is 3. The van der Waals surface area contributed by atoms with Crippen molar-refractivity contribution in [2.75, 3.05) is 13.2 Å². The first-order valence-corrected chi connectivity index (χ1v) is 6.17. The van der Waals surface area contributed by atoms with Crippen LogP contribution in [0, 0.1) is 11.3 Å². The van der Waals surface area contributed by atoms with Crippen molar-refractivity contribution in [1.29, 1.82) is 5.26 Å². The molecule has 0 fully saturated rings. The van der Waals surface area contributed by atoms with Crippen LogP contribution in [0.2, 0.25) is 0 Å². The molecule has 0 saturated carbocycles. The minimum absolute atomic E-state index is 0.552. The number of benzene rings is 1. The van der Waals surface area contributed by atoms with Gasteiger partial charge >= 0.3 is 0 Å². The van der Waals surface area contributed by atoms with Gasteiger partial charge in [-0.2, -0.15) is 5.26 Å². The lowest BCUT2D eigenvalue weighted by molar-refractivity contribution is 0.308. The van der Waals surface area contributed by atoms with Gasteiger partial charge in [-0.05, 0) is 25.5 Å². The normalized spacial score (nSPS) is 9.88. The third-order valence-corrected chi connectivity index (χ3v) is 2.41. The summed E-state index contributed by atoms with van der Waals surface area (Å²) in [5.74, 6) is 0.925. The summed E-state index contributed by atoms with van der Waals surface area (Å²) in [5, 5.41) is 11.8. The zero-order valence-electron chi connectivity index (χ0n) is 10.4. The molecule has 3 heteroatoms. The van der Waals surface area contributed by atoms with Crippen molar-refractivity contribution in [2.45, 2.75) is 32.7 Å². The zero-order chi connectivity index (χ0) is 12.3. The molecule has 0 spiro atoms. The van der Waals surface area contributed by atoms with Gasteiger partial charge in [0.1, 0.15) is 5.75 Å². The molecule has 0 bridgehead atoms. The smallest absolute Gasteiger partial charge is 0.123 e. The van der Waals surface area contributed by atoms with Gasteiger partial charge in [-0.1, -0.05) is 25.1 Å². The molecule has 1 rings (SSSR count). The summed E-state index contributed by atoms with van der Waals surface area (Å²) in [7, 11) is 0. The maximum Gasteiger partial charge on any atom is 0.123 e. The van der Waals surface area contributed by atoms with Crippen LogP contribution >= 0.6 is 0 Å². The van der Waals surface area contributed by atoms with Crippen molar-refractivity contribution in [2.24, 2.45) is 0 Å². The fourth-order valence-corrected chi connectivity index (χ4v) is 1.52. The summed E-state index contributed by atoms with van der Waals surface area (Å²) in [6.07, 6.45) is 2.47. The Hall–Kier alpha value is -1.53. The van der Waals surface area contributed by atoms with Crippen LogP contribution in [0.5, 0.6) is 5.75 Å². The summed E-state index contributed by atoms with van der Waals surface area (Å²) in [4.78, 5) is 0. The number of ether oxygens (including phenoxy) is 1. The molecule has 0 atom stereocenters. The maximum absolute atomic E-state index is 8.45. The number of rotatable bonds is 8. The second kappa shape index (κ2) is 8.60.